The Bertz CT molecular complexity index is 330. The van der Waals surface area contributed by atoms with Crippen LogP contribution in [0.3, 0.4) is 0 Å². The number of likely N-dealkylation sites (N-methyl/N-ethyl adjacent to an activating group) is 1. The zero-order valence-electron chi connectivity index (χ0n) is 13.3. The third kappa shape index (κ3) is 5.63. The molecule has 0 aromatic carbocycles. The average molecular weight is 299 g/mol. The Morgan fingerprint density at radius 2 is 2.00 bits per heavy atom. The van der Waals surface area contributed by atoms with E-state index in [-0.39, 0.29) is 12.6 Å². The van der Waals surface area contributed by atoms with Gasteiger partial charge in [-0.3, -0.25) is 9.59 Å². The molecule has 2 amide bonds. The zero-order chi connectivity index (χ0) is 15.7. The number of carbonyl (C=O) groups excluding carboxylic acids is 2. The number of amides is 2. The summed E-state index contributed by atoms with van der Waals surface area (Å²) in [6, 6.07) is 0.00443. The van der Waals surface area contributed by atoms with Crippen molar-refractivity contribution in [3.8, 4) is 0 Å². The molecule has 1 fully saturated rings. The molecule has 1 atom stereocenters. The monoisotopic (exact) mass is 299 g/mol. The Morgan fingerprint density at radius 3 is 2.62 bits per heavy atom. The van der Waals surface area contributed by atoms with Crippen molar-refractivity contribution in [2.75, 3.05) is 39.3 Å². The number of aliphatic hydroxyl groups excluding tert-OH is 1. The quantitative estimate of drug-likeness (QED) is 0.659. The summed E-state index contributed by atoms with van der Waals surface area (Å²) in [4.78, 5) is 28.0. The molecule has 21 heavy (non-hydrogen) atoms. The summed E-state index contributed by atoms with van der Waals surface area (Å²) in [5.74, 6) is -0.973. The first-order valence-corrected chi connectivity index (χ1v) is 8.06. The molecule has 0 aliphatic carbocycles. The summed E-state index contributed by atoms with van der Waals surface area (Å²) in [7, 11) is 0. The smallest absolute Gasteiger partial charge is 0.312 e. The van der Waals surface area contributed by atoms with Crippen LogP contribution in [0.4, 0.5) is 0 Å². The van der Waals surface area contributed by atoms with E-state index in [1.54, 1.807) is 4.90 Å². The summed E-state index contributed by atoms with van der Waals surface area (Å²) in [5.41, 5.74) is 0. The van der Waals surface area contributed by atoms with E-state index >= 15 is 0 Å². The van der Waals surface area contributed by atoms with Crippen molar-refractivity contribution in [3.05, 3.63) is 0 Å². The first-order valence-electron chi connectivity index (χ1n) is 8.06. The molecular formula is C15H29N3O3. The minimum atomic E-state index is -0.521. The van der Waals surface area contributed by atoms with Crippen molar-refractivity contribution in [2.24, 2.45) is 0 Å². The van der Waals surface area contributed by atoms with Gasteiger partial charge in [0, 0.05) is 32.3 Å². The third-order valence-corrected chi connectivity index (χ3v) is 4.15. The molecule has 1 heterocycles. The lowest BCUT2D eigenvalue weighted by molar-refractivity contribution is -0.148. The van der Waals surface area contributed by atoms with Gasteiger partial charge in [-0.2, -0.15) is 0 Å². The summed E-state index contributed by atoms with van der Waals surface area (Å²) in [6.45, 7) is 7.94. The number of carbonyl (C=O) groups is 2. The first-order chi connectivity index (χ1) is 10.1. The molecule has 0 radical (unpaired) electrons. The maximum absolute atomic E-state index is 12.2. The lowest BCUT2D eigenvalue weighted by Crippen LogP contribution is -2.51. The Morgan fingerprint density at radius 1 is 1.29 bits per heavy atom. The van der Waals surface area contributed by atoms with Gasteiger partial charge < -0.3 is 20.2 Å². The summed E-state index contributed by atoms with van der Waals surface area (Å²) in [5, 5.41) is 11.8. The molecule has 6 heteroatoms. The van der Waals surface area contributed by atoms with Gasteiger partial charge in [0.2, 0.25) is 0 Å². The van der Waals surface area contributed by atoms with Crippen molar-refractivity contribution in [3.63, 3.8) is 0 Å². The Balaban J connectivity index is 2.43. The van der Waals surface area contributed by atoms with E-state index < -0.39 is 11.8 Å². The molecule has 122 valence electrons. The largest absolute Gasteiger partial charge is 0.396 e. The Kier molecular flexibility index (Phi) is 8.30. The Labute approximate surface area is 127 Å². The zero-order valence-corrected chi connectivity index (χ0v) is 13.3. The second kappa shape index (κ2) is 9.73. The van der Waals surface area contributed by atoms with Crippen molar-refractivity contribution in [1.82, 2.24) is 15.1 Å². The van der Waals surface area contributed by atoms with Crippen LogP contribution >= 0.6 is 0 Å². The summed E-state index contributed by atoms with van der Waals surface area (Å²) >= 11 is 0. The fourth-order valence-electron chi connectivity index (χ4n) is 2.79. The number of likely N-dealkylation sites (tertiary alicyclic amines) is 1. The van der Waals surface area contributed by atoms with Crippen LogP contribution in [0.25, 0.3) is 0 Å². The molecule has 1 aliphatic rings. The number of rotatable bonds is 7. The summed E-state index contributed by atoms with van der Waals surface area (Å²) < 4.78 is 0. The van der Waals surface area contributed by atoms with Crippen LogP contribution in [-0.4, -0.2) is 72.1 Å². The number of nitrogens with one attached hydrogen (secondary N) is 1. The fraction of sp³-hybridized carbons (Fsp3) is 0.867. The van der Waals surface area contributed by atoms with Gasteiger partial charge in [-0.15, -0.1) is 0 Å². The van der Waals surface area contributed by atoms with Crippen LogP contribution in [0.2, 0.25) is 0 Å². The van der Waals surface area contributed by atoms with Crippen LogP contribution in [0, 0.1) is 0 Å². The van der Waals surface area contributed by atoms with E-state index in [2.05, 4.69) is 24.1 Å². The van der Waals surface area contributed by atoms with Crippen molar-refractivity contribution < 1.29 is 14.7 Å². The highest BCUT2D eigenvalue weighted by molar-refractivity contribution is 6.35. The maximum atomic E-state index is 12.2. The van der Waals surface area contributed by atoms with Crippen molar-refractivity contribution in [1.29, 1.82) is 0 Å². The molecule has 0 spiro atoms. The van der Waals surface area contributed by atoms with Gasteiger partial charge >= 0.3 is 11.8 Å². The van der Waals surface area contributed by atoms with E-state index in [9.17, 15) is 9.59 Å². The highest BCUT2D eigenvalue weighted by Crippen LogP contribution is 2.19. The van der Waals surface area contributed by atoms with E-state index in [0.717, 1.165) is 38.9 Å². The van der Waals surface area contributed by atoms with Crippen LogP contribution in [0.1, 0.15) is 39.5 Å². The molecule has 2 N–H and O–H groups in total. The maximum Gasteiger partial charge on any atom is 0.312 e. The number of nitrogens with zero attached hydrogens (tertiary/aromatic N) is 2. The van der Waals surface area contributed by atoms with Crippen LogP contribution < -0.4 is 5.32 Å². The van der Waals surface area contributed by atoms with Crippen LogP contribution in [0.15, 0.2) is 0 Å². The van der Waals surface area contributed by atoms with Crippen LogP contribution in [-0.2, 0) is 9.59 Å². The van der Waals surface area contributed by atoms with Gasteiger partial charge in [-0.25, -0.2) is 0 Å². The van der Waals surface area contributed by atoms with Gasteiger partial charge in [0.1, 0.15) is 0 Å². The van der Waals surface area contributed by atoms with Crippen molar-refractivity contribution in [2.45, 2.75) is 45.6 Å². The average Bonchev–Trinajstić information content (AvgIpc) is 2.51. The molecule has 1 aliphatic heterocycles. The van der Waals surface area contributed by atoms with Gasteiger partial charge in [-0.1, -0.05) is 13.8 Å². The van der Waals surface area contributed by atoms with E-state index in [1.807, 2.05) is 0 Å². The topological polar surface area (TPSA) is 72.9 Å². The van der Waals surface area contributed by atoms with Crippen LogP contribution in [0.5, 0.6) is 0 Å². The standard InChI is InChI=1S/C15H29N3O3/c1-3-17(4-2)11-9-16-14(20)15(21)18-10-6-5-7-13(18)8-12-19/h13,19H,3-12H2,1-2H3,(H,16,20). The van der Waals surface area contributed by atoms with E-state index in [1.165, 1.54) is 0 Å². The third-order valence-electron chi connectivity index (χ3n) is 4.15. The molecule has 1 unspecified atom stereocenters. The van der Waals surface area contributed by atoms with E-state index in [0.29, 0.717) is 19.5 Å². The van der Waals surface area contributed by atoms with E-state index in [4.69, 9.17) is 5.11 Å². The SMILES string of the molecule is CCN(CC)CCNC(=O)C(=O)N1CCCCC1CCO. The highest BCUT2D eigenvalue weighted by atomic mass is 16.3. The van der Waals surface area contributed by atoms with Gasteiger partial charge in [0.25, 0.3) is 0 Å². The number of hydrogen-bond acceptors (Lipinski definition) is 4. The predicted octanol–water partition coefficient (Wildman–Crippen LogP) is 0.208. The lowest BCUT2D eigenvalue weighted by Gasteiger charge is -2.35. The molecule has 0 aromatic heterocycles. The predicted molar refractivity (Wildman–Crippen MR) is 81.9 cm³/mol. The van der Waals surface area contributed by atoms with Gasteiger partial charge in [0.05, 0.1) is 0 Å². The number of piperidine rings is 1. The normalized spacial score (nSPS) is 18.9. The van der Waals surface area contributed by atoms with Gasteiger partial charge in [-0.05, 0) is 38.8 Å². The second-order valence-corrected chi connectivity index (χ2v) is 5.44. The first kappa shape index (κ1) is 17.9. The molecule has 0 aromatic rings. The molecule has 0 bridgehead atoms. The van der Waals surface area contributed by atoms with Gasteiger partial charge in [0.15, 0.2) is 0 Å². The molecule has 1 saturated heterocycles. The minimum absolute atomic E-state index is 0.00443. The van der Waals surface area contributed by atoms with Crippen molar-refractivity contribution >= 4 is 11.8 Å². The molecule has 0 saturated carbocycles. The highest BCUT2D eigenvalue weighted by Gasteiger charge is 2.30. The Hall–Kier alpha value is -1.14. The minimum Gasteiger partial charge on any atom is -0.396 e. The second-order valence-electron chi connectivity index (χ2n) is 5.44. The lowest BCUT2D eigenvalue weighted by atomic mass is 9.99. The molecule has 6 nitrogen and oxygen atoms in total. The number of hydrogen-bond donors (Lipinski definition) is 2. The molecule has 1 rings (SSSR count). The fourth-order valence-corrected chi connectivity index (χ4v) is 2.79. The summed E-state index contributed by atoms with van der Waals surface area (Å²) in [6.07, 6.45) is 3.41. The number of aliphatic hydroxyl groups is 1. The molecular weight excluding hydrogens is 270 g/mol.